The van der Waals surface area contributed by atoms with Gasteiger partial charge in [0.15, 0.2) is 23.1 Å². The van der Waals surface area contributed by atoms with E-state index in [-0.39, 0.29) is 16.9 Å². The summed E-state index contributed by atoms with van der Waals surface area (Å²) in [4.78, 5) is 24.4. The van der Waals surface area contributed by atoms with Crippen LogP contribution >= 0.6 is 11.6 Å². The highest BCUT2D eigenvalue weighted by Gasteiger charge is 2.17. The van der Waals surface area contributed by atoms with Gasteiger partial charge in [-0.3, -0.25) is 19.2 Å². The predicted octanol–water partition coefficient (Wildman–Crippen LogP) is 6.43. The van der Waals surface area contributed by atoms with Gasteiger partial charge in [0.2, 0.25) is 5.95 Å². The van der Waals surface area contributed by atoms with Crippen molar-refractivity contribution in [2.75, 3.05) is 51.9 Å². The topological polar surface area (TPSA) is 100.0 Å². The average Bonchev–Trinajstić information content (AvgIpc) is 3.07. The van der Waals surface area contributed by atoms with Gasteiger partial charge in [0.25, 0.3) is 5.56 Å². The van der Waals surface area contributed by atoms with E-state index in [4.69, 9.17) is 30.5 Å². The van der Waals surface area contributed by atoms with E-state index in [1.165, 1.54) is 22.9 Å². The van der Waals surface area contributed by atoms with Gasteiger partial charge in [-0.15, -0.1) is 0 Å². The van der Waals surface area contributed by atoms with Gasteiger partial charge >= 0.3 is 0 Å². The maximum atomic E-state index is 15.4. The summed E-state index contributed by atoms with van der Waals surface area (Å²) in [5.74, 6) is 1.17. The van der Waals surface area contributed by atoms with E-state index in [0.717, 1.165) is 45.0 Å². The first kappa shape index (κ1) is 31.3. The standard InChI is InChI=1S/C34H33ClFN5O5/c1-40-33(42)26(21-38-34(40)39-24-7-5-23(35)6-8-24)22-4-9-30(27(36)18-22)46-29-10-11-37-28-20-32(31(43-2)19-25(28)29)45-15-3-12-41-13-16-44-17-14-41/h4-11,18-21H,3,12-17H2,1-2H3,(H,38,39). The molecule has 5 aromatic rings. The van der Waals surface area contributed by atoms with Crippen molar-refractivity contribution in [1.29, 1.82) is 0 Å². The lowest BCUT2D eigenvalue weighted by Gasteiger charge is -2.26. The number of fused-ring (bicyclic) bond motifs is 1. The minimum absolute atomic E-state index is 0.00976. The molecule has 0 amide bonds. The molecule has 1 fully saturated rings. The molecule has 12 heteroatoms. The van der Waals surface area contributed by atoms with E-state index in [1.807, 2.05) is 0 Å². The Morgan fingerprint density at radius 1 is 0.978 bits per heavy atom. The highest BCUT2D eigenvalue weighted by atomic mass is 35.5. The molecule has 3 heterocycles. The highest BCUT2D eigenvalue weighted by Crippen LogP contribution is 2.38. The average molecular weight is 646 g/mol. The number of methoxy groups -OCH3 is 1. The molecule has 1 aliphatic heterocycles. The first-order chi connectivity index (χ1) is 22.4. The van der Waals surface area contributed by atoms with Crippen LogP contribution in [0.2, 0.25) is 5.02 Å². The fourth-order valence-electron chi connectivity index (χ4n) is 5.18. The molecule has 1 saturated heterocycles. The Balaban J connectivity index is 1.17. The molecule has 0 unspecified atom stereocenters. The van der Waals surface area contributed by atoms with Crippen LogP contribution in [-0.2, 0) is 11.8 Å². The summed E-state index contributed by atoms with van der Waals surface area (Å²) < 4.78 is 39.9. The number of morpholine rings is 1. The van der Waals surface area contributed by atoms with Gasteiger partial charge < -0.3 is 24.3 Å². The van der Waals surface area contributed by atoms with Gasteiger partial charge in [0.05, 0.1) is 38.0 Å². The van der Waals surface area contributed by atoms with Crippen molar-refractivity contribution in [2.24, 2.45) is 7.05 Å². The van der Waals surface area contributed by atoms with Gasteiger partial charge in [0.1, 0.15) is 5.75 Å². The zero-order valence-electron chi connectivity index (χ0n) is 25.5. The number of ether oxygens (including phenoxy) is 4. The summed E-state index contributed by atoms with van der Waals surface area (Å²) in [7, 11) is 3.16. The van der Waals surface area contributed by atoms with Gasteiger partial charge in [-0.25, -0.2) is 9.37 Å². The van der Waals surface area contributed by atoms with Crippen LogP contribution in [0.4, 0.5) is 16.0 Å². The monoisotopic (exact) mass is 645 g/mol. The molecule has 1 aliphatic rings. The van der Waals surface area contributed by atoms with Gasteiger partial charge in [0, 0.05) is 61.2 Å². The van der Waals surface area contributed by atoms with Crippen molar-refractivity contribution in [1.82, 2.24) is 19.4 Å². The Kier molecular flexibility index (Phi) is 9.62. The van der Waals surface area contributed by atoms with E-state index in [0.29, 0.717) is 51.3 Å². The number of nitrogens with one attached hydrogen (secondary N) is 1. The van der Waals surface area contributed by atoms with Crippen LogP contribution in [0.25, 0.3) is 22.0 Å². The summed E-state index contributed by atoms with van der Waals surface area (Å²) >= 11 is 5.96. The lowest BCUT2D eigenvalue weighted by molar-refractivity contribution is 0.0357. The first-order valence-electron chi connectivity index (χ1n) is 14.9. The van der Waals surface area contributed by atoms with Gasteiger partial charge in [-0.2, -0.15) is 0 Å². The van der Waals surface area contributed by atoms with Crippen LogP contribution in [0.5, 0.6) is 23.0 Å². The summed E-state index contributed by atoms with van der Waals surface area (Å²) in [5, 5.41) is 4.32. The number of halogens is 2. The van der Waals surface area contributed by atoms with Crippen LogP contribution in [-0.4, -0.2) is 66.0 Å². The summed E-state index contributed by atoms with van der Waals surface area (Å²) in [6.45, 7) is 4.84. The molecule has 0 radical (unpaired) electrons. The van der Waals surface area contributed by atoms with E-state index in [2.05, 4.69) is 20.2 Å². The molecule has 46 heavy (non-hydrogen) atoms. The van der Waals surface area contributed by atoms with Crippen LogP contribution < -0.4 is 25.1 Å². The lowest BCUT2D eigenvalue weighted by atomic mass is 10.1. The van der Waals surface area contributed by atoms with Crippen LogP contribution in [0.15, 0.2) is 77.9 Å². The number of benzene rings is 3. The molecule has 10 nitrogen and oxygen atoms in total. The summed E-state index contributed by atoms with van der Waals surface area (Å²) in [6, 6.07) is 16.6. The Morgan fingerprint density at radius 2 is 1.78 bits per heavy atom. The molecule has 3 aromatic carbocycles. The van der Waals surface area contributed by atoms with E-state index >= 15 is 4.39 Å². The SMILES string of the molecule is COc1cc2c(Oc3ccc(-c4cnc(Nc5ccc(Cl)cc5)n(C)c4=O)cc3F)ccnc2cc1OCCCN1CCOCC1. The maximum absolute atomic E-state index is 15.4. The normalized spacial score (nSPS) is 13.5. The van der Waals surface area contributed by atoms with Crippen LogP contribution in [0.1, 0.15) is 6.42 Å². The zero-order chi connectivity index (χ0) is 32.0. The molecule has 0 saturated carbocycles. The molecule has 0 bridgehead atoms. The lowest BCUT2D eigenvalue weighted by Crippen LogP contribution is -2.37. The largest absolute Gasteiger partial charge is 0.493 e. The molecule has 0 atom stereocenters. The van der Waals surface area contributed by atoms with Gasteiger partial charge in [-0.05, 0) is 60.5 Å². The summed E-state index contributed by atoms with van der Waals surface area (Å²) in [6.07, 6.45) is 3.87. The number of pyridine rings is 1. The number of aromatic nitrogens is 3. The van der Waals surface area contributed by atoms with Crippen molar-refractivity contribution in [3.8, 4) is 34.1 Å². The third-order valence-corrected chi connectivity index (χ3v) is 7.95. The molecule has 1 N–H and O–H groups in total. The molecular formula is C34H33ClFN5O5. The third-order valence-electron chi connectivity index (χ3n) is 7.70. The Morgan fingerprint density at radius 3 is 2.54 bits per heavy atom. The Labute approximate surface area is 270 Å². The second-order valence-corrected chi connectivity index (χ2v) is 11.2. The number of hydrogen-bond donors (Lipinski definition) is 1. The molecule has 6 rings (SSSR count). The third kappa shape index (κ3) is 7.07. The molecule has 2 aromatic heterocycles. The minimum Gasteiger partial charge on any atom is -0.493 e. The molecule has 0 spiro atoms. The number of nitrogens with zero attached hydrogens (tertiary/aromatic N) is 4. The highest BCUT2D eigenvalue weighted by molar-refractivity contribution is 6.30. The van der Waals surface area contributed by atoms with Crippen LogP contribution in [0.3, 0.4) is 0 Å². The summed E-state index contributed by atoms with van der Waals surface area (Å²) in [5.41, 5.74) is 1.60. The van der Waals surface area contributed by atoms with Crippen molar-refractivity contribution in [3.63, 3.8) is 0 Å². The predicted molar refractivity (Wildman–Crippen MR) is 175 cm³/mol. The Hall–Kier alpha value is -4.71. The second-order valence-electron chi connectivity index (χ2n) is 10.7. The fourth-order valence-corrected chi connectivity index (χ4v) is 5.30. The van der Waals surface area contributed by atoms with Gasteiger partial charge in [-0.1, -0.05) is 17.7 Å². The zero-order valence-corrected chi connectivity index (χ0v) is 26.2. The van der Waals surface area contributed by atoms with Crippen molar-refractivity contribution < 1.29 is 23.3 Å². The molecule has 0 aliphatic carbocycles. The van der Waals surface area contributed by atoms with Crippen LogP contribution in [0, 0.1) is 5.82 Å². The minimum atomic E-state index is -0.639. The maximum Gasteiger partial charge on any atom is 0.262 e. The van der Waals surface area contributed by atoms with Crippen molar-refractivity contribution in [3.05, 3.63) is 94.3 Å². The number of rotatable bonds is 11. The van der Waals surface area contributed by atoms with E-state index < -0.39 is 5.82 Å². The second kappa shape index (κ2) is 14.2. The number of anilines is 2. The smallest absolute Gasteiger partial charge is 0.262 e. The number of hydrogen-bond acceptors (Lipinski definition) is 9. The molecule has 238 valence electrons. The van der Waals surface area contributed by atoms with E-state index in [1.54, 1.807) is 68.9 Å². The fraction of sp³-hybridized carbons (Fsp3) is 0.265. The Bertz CT molecular complexity index is 1900. The molecular weight excluding hydrogens is 613 g/mol. The first-order valence-corrected chi connectivity index (χ1v) is 15.2. The van der Waals surface area contributed by atoms with Crippen molar-refractivity contribution >= 4 is 34.1 Å². The quantitative estimate of drug-likeness (QED) is 0.163. The van der Waals surface area contributed by atoms with Crippen molar-refractivity contribution in [2.45, 2.75) is 6.42 Å². The van der Waals surface area contributed by atoms with E-state index in [9.17, 15) is 4.79 Å².